The Morgan fingerprint density at radius 1 is 1.25 bits per heavy atom. The van der Waals surface area contributed by atoms with Gasteiger partial charge in [-0.2, -0.15) is 0 Å². The first-order valence-electron chi connectivity index (χ1n) is 8.67. The van der Waals surface area contributed by atoms with Crippen molar-refractivity contribution in [2.24, 2.45) is 10.9 Å². The maximum Gasteiger partial charge on any atom is 0.407 e. The number of amides is 2. The van der Waals surface area contributed by atoms with E-state index in [4.69, 9.17) is 4.99 Å². The maximum absolute atomic E-state index is 13.4. The van der Waals surface area contributed by atoms with Gasteiger partial charge in [-0.3, -0.25) is 9.78 Å². The molecule has 0 aliphatic carbocycles. The topological polar surface area (TPSA) is 94.9 Å². The fraction of sp³-hybridized carbons (Fsp3) is 0.263. The van der Waals surface area contributed by atoms with Crippen LogP contribution in [-0.4, -0.2) is 51.0 Å². The number of likely N-dealkylation sites (tertiary alicyclic amines) is 1. The minimum atomic E-state index is -1.04. The van der Waals surface area contributed by atoms with E-state index in [1.54, 1.807) is 24.3 Å². The highest BCUT2D eigenvalue weighted by molar-refractivity contribution is 8.13. The third-order valence-corrected chi connectivity index (χ3v) is 6.00. The van der Waals surface area contributed by atoms with Crippen molar-refractivity contribution in [1.29, 1.82) is 0 Å². The number of hydrogen-bond donors (Lipinski definition) is 2. The van der Waals surface area contributed by atoms with Crippen molar-refractivity contribution < 1.29 is 19.1 Å². The molecule has 2 aliphatic heterocycles. The zero-order valence-corrected chi connectivity index (χ0v) is 15.5. The van der Waals surface area contributed by atoms with Crippen LogP contribution in [0.2, 0.25) is 0 Å². The molecule has 2 amide bonds. The van der Waals surface area contributed by atoms with Crippen LogP contribution in [0, 0.1) is 11.7 Å². The number of nitrogens with zero attached hydrogens (tertiary/aromatic N) is 3. The van der Waals surface area contributed by atoms with Crippen LogP contribution in [-0.2, 0) is 5.54 Å². The Hall–Kier alpha value is -2.94. The fourth-order valence-electron chi connectivity index (χ4n) is 3.56. The number of rotatable bonds is 2. The Balaban J connectivity index is 1.69. The lowest BCUT2D eigenvalue weighted by Gasteiger charge is -2.34. The van der Waals surface area contributed by atoms with Crippen LogP contribution in [0.4, 0.5) is 9.18 Å². The van der Waals surface area contributed by atoms with Crippen molar-refractivity contribution in [3.63, 3.8) is 0 Å². The first-order valence-corrected chi connectivity index (χ1v) is 9.65. The lowest BCUT2D eigenvalue weighted by molar-refractivity contribution is 0.0977. The number of carbonyl (C=O) groups is 2. The van der Waals surface area contributed by atoms with Crippen LogP contribution < -0.4 is 5.32 Å². The number of hydrogen-bond acceptors (Lipinski definition) is 5. The normalized spacial score (nSPS) is 23.7. The number of aromatic nitrogens is 1. The second-order valence-corrected chi connectivity index (χ2v) is 7.70. The molecule has 0 spiro atoms. The molecule has 3 heterocycles. The monoisotopic (exact) mass is 400 g/mol. The van der Waals surface area contributed by atoms with E-state index < -0.39 is 17.4 Å². The van der Waals surface area contributed by atoms with Crippen LogP contribution >= 0.6 is 11.8 Å². The maximum atomic E-state index is 13.4. The van der Waals surface area contributed by atoms with Gasteiger partial charge in [0.2, 0.25) is 0 Å². The molecule has 1 fully saturated rings. The van der Waals surface area contributed by atoms with Gasteiger partial charge in [0, 0.05) is 23.8 Å². The number of pyridine rings is 1. The predicted octanol–water partition coefficient (Wildman–Crippen LogP) is 2.56. The Bertz CT molecular complexity index is 938. The summed E-state index contributed by atoms with van der Waals surface area (Å²) in [4.78, 5) is 34.2. The van der Waals surface area contributed by atoms with E-state index in [1.165, 1.54) is 28.8 Å². The van der Waals surface area contributed by atoms with Gasteiger partial charge in [0.05, 0.1) is 18.4 Å². The Morgan fingerprint density at radius 2 is 2.04 bits per heavy atom. The van der Waals surface area contributed by atoms with Crippen LogP contribution in [0.3, 0.4) is 0 Å². The Kier molecular flexibility index (Phi) is 4.76. The minimum absolute atomic E-state index is 0.108. The second kappa shape index (κ2) is 7.23. The Morgan fingerprint density at radius 3 is 2.71 bits per heavy atom. The molecule has 2 N–H and O–H groups in total. The molecule has 0 saturated carbocycles. The second-order valence-electron chi connectivity index (χ2n) is 6.69. The van der Waals surface area contributed by atoms with Gasteiger partial charge in [-0.05, 0) is 24.3 Å². The molecule has 2 aliphatic rings. The molecule has 0 bridgehead atoms. The molecule has 1 saturated heterocycles. The summed E-state index contributed by atoms with van der Waals surface area (Å²) in [5, 5.41) is 12.7. The van der Waals surface area contributed by atoms with Crippen molar-refractivity contribution in [1.82, 2.24) is 15.2 Å². The van der Waals surface area contributed by atoms with Crippen molar-refractivity contribution in [3.8, 4) is 0 Å². The fourth-order valence-corrected chi connectivity index (χ4v) is 4.69. The summed E-state index contributed by atoms with van der Waals surface area (Å²) in [5.41, 5.74) is 0.0475. The first-order chi connectivity index (χ1) is 13.5. The third kappa shape index (κ3) is 3.33. The largest absolute Gasteiger partial charge is 0.465 e. The molecule has 7 nitrogen and oxygen atoms in total. The van der Waals surface area contributed by atoms with Gasteiger partial charge in [-0.1, -0.05) is 30.0 Å². The first kappa shape index (κ1) is 18.4. The van der Waals surface area contributed by atoms with Crippen molar-refractivity contribution in [2.75, 3.05) is 18.8 Å². The molecule has 9 heteroatoms. The lowest BCUT2D eigenvalue weighted by atomic mass is 9.85. The highest BCUT2D eigenvalue weighted by Gasteiger charge is 2.52. The number of carbonyl (C=O) groups excluding carboxylic acids is 1. The number of carboxylic acid groups (broad SMARTS) is 1. The third-order valence-electron chi connectivity index (χ3n) is 4.97. The van der Waals surface area contributed by atoms with Gasteiger partial charge < -0.3 is 15.3 Å². The standard InChI is InChI=1S/C19H17FN4O3S/c20-14-6-7-15(21-8-14)19-11-24(18(26)27)9-13(19)10-28-17(23-19)22-16(25)12-4-2-1-3-5-12/h1-8,13H,9-11H2,(H,26,27)(H,22,23,25). The highest BCUT2D eigenvalue weighted by Crippen LogP contribution is 2.44. The highest BCUT2D eigenvalue weighted by atomic mass is 32.2. The van der Waals surface area contributed by atoms with Crippen molar-refractivity contribution >= 4 is 28.9 Å². The summed E-state index contributed by atoms with van der Waals surface area (Å²) in [6.45, 7) is 0.418. The van der Waals surface area contributed by atoms with Crippen LogP contribution in [0.25, 0.3) is 0 Å². The molecule has 1 aromatic carbocycles. The van der Waals surface area contributed by atoms with Gasteiger partial charge in [0.25, 0.3) is 5.91 Å². The summed E-state index contributed by atoms with van der Waals surface area (Å²) < 4.78 is 13.4. The average Bonchev–Trinajstić information content (AvgIpc) is 3.09. The van der Waals surface area contributed by atoms with E-state index >= 15 is 0 Å². The van der Waals surface area contributed by atoms with Gasteiger partial charge in [-0.15, -0.1) is 0 Å². The molecule has 1 aromatic heterocycles. The van der Waals surface area contributed by atoms with Crippen LogP contribution in [0.15, 0.2) is 53.7 Å². The average molecular weight is 400 g/mol. The van der Waals surface area contributed by atoms with E-state index in [2.05, 4.69) is 10.3 Å². The molecule has 144 valence electrons. The molecule has 0 radical (unpaired) electrons. The van der Waals surface area contributed by atoms with E-state index in [0.717, 1.165) is 6.20 Å². The lowest BCUT2D eigenvalue weighted by Crippen LogP contribution is -2.43. The predicted molar refractivity (Wildman–Crippen MR) is 103 cm³/mol. The van der Waals surface area contributed by atoms with Crippen LogP contribution in [0.1, 0.15) is 16.1 Å². The summed E-state index contributed by atoms with van der Waals surface area (Å²) in [6.07, 6.45) is 0.0651. The molecule has 2 aromatic rings. The molecule has 28 heavy (non-hydrogen) atoms. The zero-order chi connectivity index (χ0) is 19.7. The SMILES string of the molecule is O=C(NC1=NC2(c3ccc(F)cn3)CN(C(=O)O)CC2CS1)c1ccccc1. The quantitative estimate of drug-likeness (QED) is 0.808. The summed E-state index contributed by atoms with van der Waals surface area (Å²) >= 11 is 1.37. The molecule has 4 rings (SSSR count). The van der Waals surface area contributed by atoms with Crippen molar-refractivity contribution in [2.45, 2.75) is 5.54 Å². The smallest absolute Gasteiger partial charge is 0.407 e. The van der Waals surface area contributed by atoms with Gasteiger partial charge >= 0.3 is 6.09 Å². The van der Waals surface area contributed by atoms with Gasteiger partial charge in [0.15, 0.2) is 5.17 Å². The molecular weight excluding hydrogens is 383 g/mol. The zero-order valence-electron chi connectivity index (χ0n) is 14.7. The molecule has 2 unspecified atom stereocenters. The van der Waals surface area contributed by atoms with E-state index in [9.17, 15) is 19.1 Å². The van der Waals surface area contributed by atoms with Gasteiger partial charge in [-0.25, -0.2) is 14.2 Å². The number of thioether (sulfide) groups is 1. The number of nitrogens with one attached hydrogen (secondary N) is 1. The van der Waals surface area contributed by atoms with E-state index in [-0.39, 0.29) is 18.4 Å². The number of aliphatic imine (C=N–C) groups is 1. The van der Waals surface area contributed by atoms with Crippen molar-refractivity contribution in [3.05, 3.63) is 65.7 Å². The van der Waals surface area contributed by atoms with Gasteiger partial charge in [0.1, 0.15) is 11.4 Å². The number of benzene rings is 1. The number of fused-ring (bicyclic) bond motifs is 1. The summed E-state index contributed by atoms with van der Waals surface area (Å²) in [6, 6.07) is 11.6. The molecular formula is C19H17FN4O3S. The van der Waals surface area contributed by atoms with E-state index in [0.29, 0.717) is 28.7 Å². The summed E-state index contributed by atoms with van der Waals surface area (Å²) in [7, 11) is 0. The number of amidine groups is 1. The molecule has 2 atom stereocenters. The Labute approximate surface area is 164 Å². The number of halogens is 1. The summed E-state index contributed by atoms with van der Waals surface area (Å²) in [5.74, 6) is -0.322. The minimum Gasteiger partial charge on any atom is -0.465 e. The van der Waals surface area contributed by atoms with Crippen LogP contribution in [0.5, 0.6) is 0 Å². The van der Waals surface area contributed by atoms with E-state index in [1.807, 2.05) is 6.07 Å².